The third-order valence-corrected chi connectivity index (χ3v) is 7.99. The maximum atomic E-state index is 12.5. The van der Waals surface area contributed by atoms with Gasteiger partial charge in [0.1, 0.15) is 0 Å². The molecule has 3 rings (SSSR count). The minimum atomic E-state index is -2.26. The molecule has 0 aliphatic heterocycles. The molecule has 0 amide bonds. The number of rotatable bonds is 5. The van der Waals surface area contributed by atoms with Gasteiger partial charge in [-0.15, -0.1) is 0 Å². The molecule has 0 heterocycles. The molecule has 0 saturated heterocycles. The number of benzene rings is 3. The predicted octanol–water partition coefficient (Wildman–Crippen LogP) is 2.30. The van der Waals surface area contributed by atoms with Crippen LogP contribution in [0, 0.1) is 0 Å². The second-order valence-electron chi connectivity index (χ2n) is 5.54. The van der Waals surface area contributed by atoms with Crippen molar-refractivity contribution in [3.8, 4) is 0 Å². The standard InChI is InChI=1S/C21H19N2OP/c22-23-16-18(24)17-25(19-10-4-1-5-11-19,20-12-6-2-7-13-20)21-14-8-3-9-15-21/h1-17H,22H2. The number of carbonyl (C=O) groups excluding carboxylic acids is 1. The topological polar surface area (TPSA) is 55.4 Å². The summed E-state index contributed by atoms with van der Waals surface area (Å²) in [7, 11) is 0. The molecule has 0 bridgehead atoms. The van der Waals surface area contributed by atoms with Gasteiger partial charge in [0.25, 0.3) is 0 Å². The number of Topliss-reactive ketones (excluding diaryl/α,β-unsaturated/α-hetero) is 1. The van der Waals surface area contributed by atoms with Crippen molar-refractivity contribution >= 4 is 40.6 Å². The van der Waals surface area contributed by atoms with Crippen molar-refractivity contribution in [2.75, 3.05) is 0 Å². The fourth-order valence-electron chi connectivity index (χ4n) is 2.96. The van der Waals surface area contributed by atoms with E-state index in [4.69, 9.17) is 5.84 Å². The summed E-state index contributed by atoms with van der Waals surface area (Å²) in [6, 6.07) is 30.5. The summed E-state index contributed by atoms with van der Waals surface area (Å²) in [6.07, 6.45) is 1.17. The van der Waals surface area contributed by atoms with Gasteiger partial charge in [0.05, 0.1) is 6.21 Å². The molecule has 3 aromatic rings. The zero-order chi connectivity index (χ0) is 17.5. The van der Waals surface area contributed by atoms with E-state index >= 15 is 0 Å². The number of nitrogens with zero attached hydrogens (tertiary/aromatic N) is 1. The summed E-state index contributed by atoms with van der Waals surface area (Å²) in [5.74, 6) is 6.81. The Morgan fingerprint density at radius 1 is 0.720 bits per heavy atom. The smallest absolute Gasteiger partial charge is 0.199 e. The molecule has 0 aromatic heterocycles. The number of ketones is 1. The molecule has 2 N–H and O–H groups in total. The molecular formula is C21H19N2OP. The van der Waals surface area contributed by atoms with Crippen LogP contribution in [0.25, 0.3) is 0 Å². The number of hydrogen-bond donors (Lipinski definition) is 1. The van der Waals surface area contributed by atoms with Crippen molar-refractivity contribution in [2.45, 2.75) is 0 Å². The van der Waals surface area contributed by atoms with E-state index in [9.17, 15) is 4.79 Å². The lowest BCUT2D eigenvalue weighted by atomic mass is 10.4. The summed E-state index contributed by atoms with van der Waals surface area (Å²) < 4.78 is 0. The van der Waals surface area contributed by atoms with Crippen molar-refractivity contribution in [1.29, 1.82) is 0 Å². The highest BCUT2D eigenvalue weighted by Crippen LogP contribution is 2.43. The molecule has 4 heteroatoms. The van der Waals surface area contributed by atoms with Crippen LogP contribution in [0.1, 0.15) is 0 Å². The van der Waals surface area contributed by atoms with E-state index in [1.54, 1.807) is 5.80 Å². The fourth-order valence-corrected chi connectivity index (χ4v) is 6.68. The average molecular weight is 346 g/mol. The Kier molecular flexibility index (Phi) is 5.27. The van der Waals surface area contributed by atoms with E-state index in [1.807, 2.05) is 54.6 Å². The lowest BCUT2D eigenvalue weighted by Crippen LogP contribution is -2.28. The van der Waals surface area contributed by atoms with Crippen LogP contribution < -0.4 is 21.8 Å². The molecule has 0 fully saturated rings. The molecule has 0 radical (unpaired) electrons. The van der Waals surface area contributed by atoms with Crippen molar-refractivity contribution in [2.24, 2.45) is 10.9 Å². The summed E-state index contributed by atoms with van der Waals surface area (Å²) in [4.78, 5) is 12.5. The van der Waals surface area contributed by atoms with Crippen LogP contribution in [0.5, 0.6) is 0 Å². The molecule has 3 aromatic carbocycles. The second kappa shape index (κ2) is 7.78. The van der Waals surface area contributed by atoms with Crippen LogP contribution in [0.15, 0.2) is 96.1 Å². The maximum absolute atomic E-state index is 12.5. The van der Waals surface area contributed by atoms with Crippen LogP contribution in [0.4, 0.5) is 0 Å². The number of nitrogens with two attached hydrogens (primary N) is 1. The predicted molar refractivity (Wildman–Crippen MR) is 109 cm³/mol. The molecule has 124 valence electrons. The highest BCUT2D eigenvalue weighted by molar-refractivity contribution is 7.95. The first-order valence-electron chi connectivity index (χ1n) is 7.96. The summed E-state index contributed by atoms with van der Waals surface area (Å²) in [5, 5.41) is 6.76. The maximum Gasteiger partial charge on any atom is 0.199 e. The first-order chi connectivity index (χ1) is 12.3. The molecule has 3 nitrogen and oxygen atoms in total. The highest BCUT2D eigenvalue weighted by Gasteiger charge is 2.25. The number of hydrazone groups is 1. The van der Waals surface area contributed by atoms with Gasteiger partial charge in [0, 0.05) is 0 Å². The summed E-state index contributed by atoms with van der Waals surface area (Å²) >= 11 is 0. The van der Waals surface area contributed by atoms with Crippen LogP contribution in [0.3, 0.4) is 0 Å². The zero-order valence-electron chi connectivity index (χ0n) is 13.7. The van der Waals surface area contributed by atoms with Crippen LogP contribution >= 0.6 is 6.89 Å². The monoisotopic (exact) mass is 346 g/mol. The zero-order valence-corrected chi connectivity index (χ0v) is 14.6. The Morgan fingerprint density at radius 2 is 1.08 bits per heavy atom. The van der Waals surface area contributed by atoms with E-state index in [0.29, 0.717) is 0 Å². The molecule has 0 unspecified atom stereocenters. The largest absolute Gasteiger partial charge is 0.323 e. The molecule has 0 aliphatic carbocycles. The molecule has 0 spiro atoms. The summed E-state index contributed by atoms with van der Waals surface area (Å²) in [5.41, 5.74) is 0. The fraction of sp³-hybridized carbons (Fsp3) is 0. The SMILES string of the molecule is NN=CC(=O)C=P(c1ccccc1)(c1ccccc1)c1ccccc1. The lowest BCUT2D eigenvalue weighted by Gasteiger charge is -2.28. The van der Waals surface area contributed by atoms with Crippen LogP contribution in [-0.2, 0) is 4.79 Å². The third-order valence-electron chi connectivity index (χ3n) is 4.01. The van der Waals surface area contributed by atoms with Crippen LogP contribution in [-0.4, -0.2) is 17.8 Å². The van der Waals surface area contributed by atoms with E-state index < -0.39 is 6.89 Å². The minimum Gasteiger partial charge on any atom is -0.323 e. The quantitative estimate of drug-likeness (QED) is 0.334. The van der Waals surface area contributed by atoms with Gasteiger partial charge < -0.3 is 5.84 Å². The molecule has 0 aliphatic rings. The summed E-state index contributed by atoms with van der Waals surface area (Å²) in [6.45, 7) is -2.26. The van der Waals surface area contributed by atoms with Crippen molar-refractivity contribution in [1.82, 2.24) is 0 Å². The number of carbonyl (C=O) groups is 1. The Bertz CT molecular complexity index is 816. The van der Waals surface area contributed by atoms with Crippen molar-refractivity contribution in [3.05, 3.63) is 91.0 Å². The van der Waals surface area contributed by atoms with Gasteiger partial charge in [0.2, 0.25) is 0 Å². The second-order valence-corrected chi connectivity index (χ2v) is 8.79. The van der Waals surface area contributed by atoms with Gasteiger partial charge in [0.15, 0.2) is 5.78 Å². The van der Waals surface area contributed by atoms with Gasteiger partial charge in [-0.3, -0.25) is 4.79 Å². The first-order valence-corrected chi connectivity index (χ1v) is 9.82. The van der Waals surface area contributed by atoms with E-state index in [-0.39, 0.29) is 5.78 Å². The Labute approximate surface area is 147 Å². The van der Waals surface area contributed by atoms with Crippen LogP contribution in [0.2, 0.25) is 0 Å². The van der Waals surface area contributed by atoms with Gasteiger partial charge in [-0.25, -0.2) is 0 Å². The van der Waals surface area contributed by atoms with Gasteiger partial charge >= 0.3 is 0 Å². The van der Waals surface area contributed by atoms with Crippen molar-refractivity contribution < 1.29 is 4.79 Å². The van der Waals surface area contributed by atoms with Gasteiger partial charge in [-0.1, -0.05) is 91.0 Å². The van der Waals surface area contributed by atoms with E-state index in [2.05, 4.69) is 41.5 Å². The van der Waals surface area contributed by atoms with Gasteiger partial charge in [-0.2, -0.15) is 5.10 Å². The highest BCUT2D eigenvalue weighted by atomic mass is 31.2. The van der Waals surface area contributed by atoms with Gasteiger partial charge in [-0.05, 0) is 28.6 Å². The average Bonchev–Trinajstić information content (AvgIpc) is 2.68. The molecule has 25 heavy (non-hydrogen) atoms. The Morgan fingerprint density at radius 3 is 1.40 bits per heavy atom. The molecule has 0 atom stereocenters. The Balaban J connectivity index is 2.42. The molecule has 0 saturated carbocycles. The minimum absolute atomic E-state index is 0.188. The normalized spacial score (nSPS) is 11.4. The molecular weight excluding hydrogens is 327 g/mol. The van der Waals surface area contributed by atoms with E-state index in [1.165, 1.54) is 6.21 Å². The lowest BCUT2D eigenvalue weighted by molar-refractivity contribution is -0.106. The first kappa shape index (κ1) is 16.9. The number of hydrogen-bond acceptors (Lipinski definition) is 3. The van der Waals surface area contributed by atoms with E-state index in [0.717, 1.165) is 15.9 Å². The Hall–Kier alpha value is -2.90. The third kappa shape index (κ3) is 3.47. The van der Waals surface area contributed by atoms with Crippen molar-refractivity contribution in [3.63, 3.8) is 0 Å².